The van der Waals surface area contributed by atoms with E-state index in [1.165, 1.54) is 23.5 Å². The van der Waals surface area contributed by atoms with Crippen molar-refractivity contribution in [2.24, 2.45) is 0 Å². The summed E-state index contributed by atoms with van der Waals surface area (Å²) in [5, 5.41) is 25.5. The Kier molecular flexibility index (Phi) is 4.11. The van der Waals surface area contributed by atoms with E-state index in [0.29, 0.717) is 26.4 Å². The van der Waals surface area contributed by atoms with Crippen LogP contribution in [-0.4, -0.2) is 15.2 Å². The van der Waals surface area contributed by atoms with Gasteiger partial charge in [0.15, 0.2) is 16.6 Å². The molecule has 0 saturated heterocycles. The molecule has 4 nitrogen and oxygen atoms in total. The second-order valence-electron chi connectivity index (χ2n) is 4.50. The Bertz CT molecular complexity index is 836. The first-order chi connectivity index (χ1) is 10.5. The topological polar surface area (TPSA) is 65.4 Å². The van der Waals surface area contributed by atoms with Crippen molar-refractivity contribution in [3.05, 3.63) is 51.8 Å². The summed E-state index contributed by atoms with van der Waals surface area (Å²) in [6.45, 7) is 0. The van der Waals surface area contributed by atoms with Crippen molar-refractivity contribution in [2.45, 2.75) is 0 Å². The predicted molar refractivity (Wildman–Crippen MR) is 90.6 cm³/mol. The lowest BCUT2D eigenvalue weighted by Gasteiger charge is -2.04. The predicted octanol–water partition coefficient (Wildman–Crippen LogP) is 5.27. The molecular weight excluding hydrogens is 343 g/mol. The molecule has 3 rings (SSSR count). The third-order valence-corrected chi connectivity index (χ3v) is 4.44. The van der Waals surface area contributed by atoms with E-state index in [4.69, 9.17) is 23.2 Å². The van der Waals surface area contributed by atoms with Crippen LogP contribution in [0.1, 0.15) is 0 Å². The summed E-state index contributed by atoms with van der Waals surface area (Å²) in [4.78, 5) is 4.44. The molecule has 0 bridgehead atoms. The zero-order chi connectivity index (χ0) is 15.7. The summed E-state index contributed by atoms with van der Waals surface area (Å²) in [6.07, 6.45) is 0. The van der Waals surface area contributed by atoms with Gasteiger partial charge in [-0.05, 0) is 36.4 Å². The van der Waals surface area contributed by atoms with Crippen molar-refractivity contribution < 1.29 is 10.2 Å². The molecule has 112 valence electrons. The van der Waals surface area contributed by atoms with E-state index in [9.17, 15) is 10.2 Å². The highest BCUT2D eigenvalue weighted by Crippen LogP contribution is 2.33. The largest absolute Gasteiger partial charge is 0.504 e. The van der Waals surface area contributed by atoms with Crippen LogP contribution < -0.4 is 5.32 Å². The molecule has 0 unspecified atom stereocenters. The number of phenols is 2. The van der Waals surface area contributed by atoms with Gasteiger partial charge in [0.25, 0.3) is 0 Å². The Morgan fingerprint density at radius 3 is 2.50 bits per heavy atom. The van der Waals surface area contributed by atoms with Gasteiger partial charge in [-0.15, -0.1) is 11.3 Å². The van der Waals surface area contributed by atoms with Crippen LogP contribution in [0.3, 0.4) is 0 Å². The van der Waals surface area contributed by atoms with E-state index in [1.54, 1.807) is 18.2 Å². The van der Waals surface area contributed by atoms with Gasteiger partial charge in [-0.3, -0.25) is 0 Å². The van der Waals surface area contributed by atoms with E-state index in [2.05, 4.69) is 10.3 Å². The molecule has 22 heavy (non-hydrogen) atoms. The van der Waals surface area contributed by atoms with Gasteiger partial charge in [-0.1, -0.05) is 23.2 Å². The molecule has 0 aliphatic rings. The number of hydrogen-bond acceptors (Lipinski definition) is 5. The highest BCUT2D eigenvalue weighted by atomic mass is 35.5. The molecule has 1 aromatic heterocycles. The van der Waals surface area contributed by atoms with Gasteiger partial charge in [0.2, 0.25) is 0 Å². The maximum atomic E-state index is 9.54. The number of anilines is 2. The molecule has 0 fully saturated rings. The number of aromatic nitrogens is 1. The summed E-state index contributed by atoms with van der Waals surface area (Å²) >= 11 is 13.3. The van der Waals surface area contributed by atoms with Crippen LogP contribution in [0.5, 0.6) is 11.5 Å². The average Bonchev–Trinajstić information content (AvgIpc) is 2.94. The van der Waals surface area contributed by atoms with Crippen molar-refractivity contribution in [2.75, 3.05) is 5.32 Å². The summed E-state index contributed by atoms with van der Waals surface area (Å²) < 4.78 is 0. The molecule has 3 aromatic rings. The van der Waals surface area contributed by atoms with Crippen LogP contribution in [0, 0.1) is 0 Å². The maximum Gasteiger partial charge on any atom is 0.187 e. The van der Waals surface area contributed by atoms with E-state index in [-0.39, 0.29) is 11.5 Å². The van der Waals surface area contributed by atoms with Crippen LogP contribution in [0.25, 0.3) is 11.3 Å². The summed E-state index contributed by atoms with van der Waals surface area (Å²) in [5.74, 6) is -0.336. The van der Waals surface area contributed by atoms with E-state index >= 15 is 0 Å². The fourth-order valence-corrected chi connectivity index (χ4v) is 2.88. The molecule has 3 N–H and O–H groups in total. The van der Waals surface area contributed by atoms with Crippen molar-refractivity contribution in [3.63, 3.8) is 0 Å². The van der Waals surface area contributed by atoms with E-state index < -0.39 is 0 Å². The summed E-state index contributed by atoms with van der Waals surface area (Å²) in [5.41, 5.74) is 2.19. The number of halogens is 2. The molecule has 0 aliphatic heterocycles. The first-order valence-corrected chi connectivity index (χ1v) is 7.86. The van der Waals surface area contributed by atoms with Gasteiger partial charge in [-0.2, -0.15) is 0 Å². The molecule has 0 atom stereocenters. The molecule has 0 spiro atoms. The van der Waals surface area contributed by atoms with Gasteiger partial charge in [0.1, 0.15) is 0 Å². The number of thiazole rings is 1. The second-order valence-corrected chi connectivity index (χ2v) is 6.17. The SMILES string of the molecule is Oc1ccc(-c2csc(Nc3ccc(Cl)c(Cl)c3)n2)cc1O. The van der Waals surface area contributed by atoms with E-state index in [1.807, 2.05) is 11.4 Å². The first kappa shape index (κ1) is 15.0. The summed E-state index contributed by atoms with van der Waals surface area (Å²) in [7, 11) is 0. The molecule has 0 aliphatic carbocycles. The van der Waals surface area contributed by atoms with Crippen molar-refractivity contribution in [3.8, 4) is 22.8 Å². The minimum Gasteiger partial charge on any atom is -0.504 e. The van der Waals surface area contributed by atoms with Crippen molar-refractivity contribution >= 4 is 45.4 Å². The third kappa shape index (κ3) is 3.11. The zero-order valence-corrected chi connectivity index (χ0v) is 13.4. The van der Waals surface area contributed by atoms with Gasteiger partial charge in [0, 0.05) is 16.6 Å². The molecule has 1 heterocycles. The average molecular weight is 353 g/mol. The number of nitrogens with zero attached hydrogens (tertiary/aromatic N) is 1. The minimum absolute atomic E-state index is 0.159. The molecule has 0 radical (unpaired) electrons. The number of hydrogen-bond donors (Lipinski definition) is 3. The lowest BCUT2D eigenvalue weighted by molar-refractivity contribution is 0.404. The van der Waals surface area contributed by atoms with Crippen LogP contribution >= 0.6 is 34.5 Å². The normalized spacial score (nSPS) is 10.6. The molecular formula is C15H10Cl2N2O2S. The Morgan fingerprint density at radius 1 is 0.955 bits per heavy atom. The Labute approximate surface area is 140 Å². The van der Waals surface area contributed by atoms with Gasteiger partial charge in [0.05, 0.1) is 15.7 Å². The highest BCUT2D eigenvalue weighted by Gasteiger charge is 2.08. The van der Waals surface area contributed by atoms with Gasteiger partial charge >= 0.3 is 0 Å². The molecule has 2 aromatic carbocycles. The van der Waals surface area contributed by atoms with Crippen molar-refractivity contribution in [1.82, 2.24) is 4.98 Å². The van der Waals surface area contributed by atoms with E-state index in [0.717, 1.165) is 5.69 Å². The third-order valence-electron chi connectivity index (χ3n) is 2.95. The van der Waals surface area contributed by atoms with Crippen LogP contribution in [0.15, 0.2) is 41.8 Å². The lowest BCUT2D eigenvalue weighted by atomic mass is 10.1. The fourth-order valence-electron chi connectivity index (χ4n) is 1.84. The second kappa shape index (κ2) is 6.04. The number of nitrogens with one attached hydrogen (secondary N) is 1. The van der Waals surface area contributed by atoms with Gasteiger partial charge < -0.3 is 15.5 Å². The number of benzene rings is 2. The van der Waals surface area contributed by atoms with Crippen LogP contribution in [-0.2, 0) is 0 Å². The standard InChI is InChI=1S/C15H10Cl2N2O2S/c16-10-3-2-9(6-11(10)17)18-15-19-12(7-22-15)8-1-4-13(20)14(21)5-8/h1-7,20-21H,(H,18,19). The fraction of sp³-hybridized carbons (Fsp3) is 0. The Balaban J connectivity index is 1.84. The van der Waals surface area contributed by atoms with Crippen LogP contribution in [0.4, 0.5) is 10.8 Å². The first-order valence-electron chi connectivity index (χ1n) is 6.23. The maximum absolute atomic E-state index is 9.54. The number of phenolic OH excluding ortho intramolecular Hbond substituents is 2. The van der Waals surface area contributed by atoms with Crippen LogP contribution in [0.2, 0.25) is 10.0 Å². The molecule has 0 saturated carbocycles. The zero-order valence-electron chi connectivity index (χ0n) is 11.0. The quantitative estimate of drug-likeness (QED) is 0.561. The lowest BCUT2D eigenvalue weighted by Crippen LogP contribution is -1.89. The monoisotopic (exact) mass is 352 g/mol. The summed E-state index contributed by atoms with van der Waals surface area (Å²) in [6, 6.07) is 9.81. The number of rotatable bonds is 3. The highest BCUT2D eigenvalue weighted by molar-refractivity contribution is 7.14. The smallest absolute Gasteiger partial charge is 0.187 e. The number of aromatic hydroxyl groups is 2. The Hall–Kier alpha value is -1.95. The molecule has 0 amide bonds. The Morgan fingerprint density at radius 2 is 1.77 bits per heavy atom. The van der Waals surface area contributed by atoms with Gasteiger partial charge in [-0.25, -0.2) is 4.98 Å². The molecule has 7 heteroatoms. The minimum atomic E-state index is -0.176. The van der Waals surface area contributed by atoms with Crippen molar-refractivity contribution in [1.29, 1.82) is 0 Å².